The number of benzene rings is 1. The Morgan fingerprint density at radius 2 is 1.81 bits per heavy atom. The Labute approximate surface area is 190 Å². The summed E-state index contributed by atoms with van der Waals surface area (Å²) in [5.41, 5.74) is 3.08. The molecule has 149 valence electrons. The largest absolute Gasteiger partial charge is 0.655 e. The topological polar surface area (TPSA) is 57.8 Å². The monoisotopic (exact) mass is 448 g/mol. The fourth-order valence-corrected chi connectivity index (χ4v) is 4.70. The molecular formula is C22H35N2O2Y-. The van der Waals surface area contributed by atoms with Crippen LogP contribution in [0.3, 0.4) is 0 Å². The first-order valence-corrected chi connectivity index (χ1v) is 10.5. The minimum Gasteiger partial charge on any atom is -0.655 e. The van der Waals surface area contributed by atoms with Gasteiger partial charge in [0.25, 0.3) is 0 Å². The van der Waals surface area contributed by atoms with Crippen LogP contribution in [0.4, 0.5) is 0 Å². The molecule has 2 fully saturated rings. The van der Waals surface area contributed by atoms with E-state index in [2.05, 4.69) is 29.2 Å². The van der Waals surface area contributed by atoms with Gasteiger partial charge in [-0.15, -0.1) is 12.6 Å². The number of aliphatic hydroxyl groups excluding tert-OH is 2. The van der Waals surface area contributed by atoms with E-state index in [1.165, 1.54) is 37.7 Å². The summed E-state index contributed by atoms with van der Waals surface area (Å²) in [5.74, 6) is 0.829. The summed E-state index contributed by atoms with van der Waals surface area (Å²) in [6, 6.07) is 9.46. The van der Waals surface area contributed by atoms with Crippen molar-refractivity contribution >= 4 is 0 Å². The molecule has 1 aliphatic carbocycles. The van der Waals surface area contributed by atoms with Crippen molar-refractivity contribution in [3.05, 3.63) is 40.7 Å². The first kappa shape index (κ1) is 23.4. The third-order valence-electron chi connectivity index (χ3n) is 6.07. The molecule has 2 aliphatic heterocycles. The Morgan fingerprint density at radius 3 is 2.56 bits per heavy atom. The van der Waals surface area contributed by atoms with Gasteiger partial charge < -0.3 is 15.5 Å². The first-order valence-electron chi connectivity index (χ1n) is 10.5. The van der Waals surface area contributed by atoms with E-state index in [4.69, 9.17) is 10.4 Å². The van der Waals surface area contributed by atoms with Gasteiger partial charge >= 0.3 is 0 Å². The van der Waals surface area contributed by atoms with Crippen molar-refractivity contribution in [3.63, 3.8) is 0 Å². The summed E-state index contributed by atoms with van der Waals surface area (Å²) in [6.45, 7) is 3.71. The van der Waals surface area contributed by atoms with Gasteiger partial charge in [0.15, 0.2) is 0 Å². The molecule has 2 heterocycles. The molecule has 2 N–H and O–H groups in total. The van der Waals surface area contributed by atoms with Crippen LogP contribution < -0.4 is 0 Å². The van der Waals surface area contributed by atoms with Gasteiger partial charge in [0.05, 0.1) is 12.7 Å². The van der Waals surface area contributed by atoms with Crippen LogP contribution >= 0.6 is 0 Å². The van der Waals surface area contributed by atoms with Crippen molar-refractivity contribution in [1.82, 2.24) is 4.90 Å². The second-order valence-corrected chi connectivity index (χ2v) is 8.02. The summed E-state index contributed by atoms with van der Waals surface area (Å²) in [4.78, 5) is 2.09. The molecule has 1 saturated heterocycles. The van der Waals surface area contributed by atoms with E-state index in [9.17, 15) is 5.11 Å². The minimum absolute atomic E-state index is 0. The van der Waals surface area contributed by atoms with E-state index in [0.717, 1.165) is 44.8 Å². The predicted octanol–water partition coefficient (Wildman–Crippen LogP) is 3.67. The molecule has 4 rings (SSSR count). The molecule has 0 bridgehead atoms. The summed E-state index contributed by atoms with van der Waals surface area (Å²) >= 11 is 0. The molecule has 0 spiro atoms. The zero-order chi connectivity index (χ0) is 18.2. The molecule has 5 heteroatoms. The quantitative estimate of drug-likeness (QED) is 0.742. The van der Waals surface area contributed by atoms with Gasteiger partial charge in [-0.2, -0.15) is 0 Å². The van der Waals surface area contributed by atoms with Gasteiger partial charge in [0, 0.05) is 45.8 Å². The van der Waals surface area contributed by atoms with Gasteiger partial charge in [-0.05, 0) is 31.4 Å². The third kappa shape index (κ3) is 7.17. The Hall–Kier alpha value is 0.164. The van der Waals surface area contributed by atoms with E-state index in [-0.39, 0.29) is 45.4 Å². The zero-order valence-corrected chi connectivity index (χ0v) is 19.4. The van der Waals surface area contributed by atoms with Crippen LogP contribution in [-0.4, -0.2) is 54.0 Å². The number of nitrogens with zero attached hydrogens (tertiary/aromatic N) is 2. The predicted molar refractivity (Wildman–Crippen MR) is 106 cm³/mol. The van der Waals surface area contributed by atoms with E-state index in [1.54, 1.807) is 5.56 Å². The minimum atomic E-state index is -0.166. The molecule has 27 heavy (non-hydrogen) atoms. The number of hydrogen-bond acceptors (Lipinski definition) is 3. The molecular weight excluding hydrogens is 413 g/mol. The normalized spacial score (nSPS) is 26.3. The van der Waals surface area contributed by atoms with E-state index < -0.39 is 0 Å². The van der Waals surface area contributed by atoms with Crippen LogP contribution in [0.1, 0.15) is 62.1 Å². The van der Waals surface area contributed by atoms with Crippen LogP contribution in [0.25, 0.3) is 5.32 Å². The number of piperidine rings is 1. The molecule has 1 saturated carbocycles. The molecule has 3 aliphatic rings. The average molecular weight is 448 g/mol. The maximum atomic E-state index is 9.18. The Bertz CT molecular complexity index is 535. The maximum Gasteiger partial charge on any atom is 0.0667 e. The van der Waals surface area contributed by atoms with Gasteiger partial charge in [-0.3, -0.25) is 4.90 Å². The van der Waals surface area contributed by atoms with Crippen LogP contribution in [-0.2, 0) is 39.1 Å². The van der Waals surface area contributed by atoms with Crippen molar-refractivity contribution in [2.75, 3.05) is 32.8 Å². The van der Waals surface area contributed by atoms with Crippen molar-refractivity contribution in [3.8, 4) is 0 Å². The summed E-state index contributed by atoms with van der Waals surface area (Å²) in [7, 11) is 0. The summed E-state index contributed by atoms with van der Waals surface area (Å²) in [6.07, 6.45) is 10.0. The third-order valence-corrected chi connectivity index (χ3v) is 6.07. The molecule has 0 amide bonds. The van der Waals surface area contributed by atoms with Gasteiger partial charge in [0.2, 0.25) is 0 Å². The first-order chi connectivity index (χ1) is 12.8. The smallest absolute Gasteiger partial charge is 0.0667 e. The summed E-state index contributed by atoms with van der Waals surface area (Å²) in [5, 5.41) is 22.7. The number of hydrogen-bond donors (Lipinski definition) is 2. The van der Waals surface area contributed by atoms with Crippen molar-refractivity contribution in [1.29, 1.82) is 0 Å². The SMILES string of the molecule is OCCN1CCCC(O)C1.[Y].c1ccc2c(c1)CC[N-]C2C1CCCCC1. The van der Waals surface area contributed by atoms with Gasteiger partial charge in [-0.1, -0.05) is 67.9 Å². The number of rotatable bonds is 3. The van der Waals surface area contributed by atoms with E-state index >= 15 is 0 Å². The van der Waals surface area contributed by atoms with Crippen LogP contribution in [0.2, 0.25) is 0 Å². The maximum absolute atomic E-state index is 9.18. The molecule has 2 unspecified atom stereocenters. The van der Waals surface area contributed by atoms with Crippen LogP contribution in [0.15, 0.2) is 24.3 Å². The van der Waals surface area contributed by atoms with Crippen molar-refractivity contribution < 1.29 is 42.9 Å². The standard InChI is InChI=1S/C15H20N.C7H15NO2.Y/c1-2-7-13(8-3-1)15-14-9-5-4-6-12(14)10-11-16-15;9-5-4-8-3-1-2-7(10)6-8;/h4-6,9,13,15H,1-3,7-8,10-11H2;7,9-10H,1-6H2;/q-1;;. The van der Waals surface area contributed by atoms with Crippen molar-refractivity contribution in [2.45, 2.75) is 63.5 Å². The number of likely N-dealkylation sites (tertiary alicyclic amines) is 1. The fraction of sp³-hybridized carbons (Fsp3) is 0.727. The Kier molecular flexibility index (Phi) is 11.0. The Balaban J connectivity index is 0.000000208. The van der Waals surface area contributed by atoms with Crippen LogP contribution in [0, 0.1) is 5.92 Å². The number of β-amino-alcohol motifs (C(OH)–C–C–N with tert-alkyl or cyclic N) is 2. The van der Waals surface area contributed by atoms with Crippen LogP contribution in [0.5, 0.6) is 0 Å². The fourth-order valence-electron chi connectivity index (χ4n) is 4.70. The van der Waals surface area contributed by atoms with E-state index in [1.807, 2.05) is 0 Å². The average Bonchev–Trinajstić information content (AvgIpc) is 2.69. The van der Waals surface area contributed by atoms with E-state index in [0.29, 0.717) is 12.6 Å². The van der Waals surface area contributed by atoms with Gasteiger partial charge in [-0.25, -0.2) is 0 Å². The number of fused-ring (bicyclic) bond motifs is 1. The van der Waals surface area contributed by atoms with Gasteiger partial charge in [0.1, 0.15) is 0 Å². The molecule has 1 aromatic rings. The molecule has 2 atom stereocenters. The zero-order valence-electron chi connectivity index (χ0n) is 16.6. The number of aliphatic hydroxyl groups is 2. The molecule has 1 radical (unpaired) electrons. The summed E-state index contributed by atoms with van der Waals surface area (Å²) < 4.78 is 0. The second-order valence-electron chi connectivity index (χ2n) is 8.02. The molecule has 0 aromatic heterocycles. The van der Waals surface area contributed by atoms with Crippen molar-refractivity contribution in [2.24, 2.45) is 5.92 Å². The molecule has 1 aromatic carbocycles. The molecule has 4 nitrogen and oxygen atoms in total. The Morgan fingerprint density at radius 1 is 1.04 bits per heavy atom. The second kappa shape index (κ2) is 12.7.